The number of nitrogens with one attached hydrogen (secondary N) is 1. The summed E-state index contributed by atoms with van der Waals surface area (Å²) in [6.07, 6.45) is -1.48. The Balaban J connectivity index is 1.67. The lowest BCUT2D eigenvalue weighted by molar-refractivity contribution is -0.139. The number of benzene rings is 1. The SMILES string of the molecule is O=C(N[C@@H]1CC(=O)N(Cc2ccccc2C(F)(F)F)C1)c1cccnc1. The number of nitrogens with zero attached hydrogens (tertiary/aromatic N) is 2. The first-order valence-corrected chi connectivity index (χ1v) is 7.98. The fourth-order valence-electron chi connectivity index (χ4n) is 2.93. The lowest BCUT2D eigenvalue weighted by Crippen LogP contribution is -2.37. The van der Waals surface area contributed by atoms with Gasteiger partial charge in [-0.1, -0.05) is 18.2 Å². The summed E-state index contributed by atoms with van der Waals surface area (Å²) >= 11 is 0. The normalized spacial score (nSPS) is 17.4. The van der Waals surface area contributed by atoms with Crippen LogP contribution < -0.4 is 5.32 Å². The van der Waals surface area contributed by atoms with Gasteiger partial charge in [-0.3, -0.25) is 14.6 Å². The van der Waals surface area contributed by atoms with Crippen LogP contribution in [-0.2, 0) is 17.5 Å². The molecule has 0 saturated carbocycles. The van der Waals surface area contributed by atoms with Crippen molar-refractivity contribution in [1.82, 2.24) is 15.2 Å². The van der Waals surface area contributed by atoms with Crippen molar-refractivity contribution >= 4 is 11.8 Å². The highest BCUT2D eigenvalue weighted by atomic mass is 19.4. The van der Waals surface area contributed by atoms with E-state index in [1.807, 2.05) is 0 Å². The summed E-state index contributed by atoms with van der Waals surface area (Å²) in [7, 11) is 0. The van der Waals surface area contributed by atoms with Crippen molar-refractivity contribution in [3.8, 4) is 0 Å². The zero-order chi connectivity index (χ0) is 18.7. The highest BCUT2D eigenvalue weighted by Gasteiger charge is 2.36. The first-order chi connectivity index (χ1) is 12.3. The van der Waals surface area contributed by atoms with Crippen LogP contribution in [0.2, 0.25) is 0 Å². The number of hydrogen-bond acceptors (Lipinski definition) is 3. The molecule has 1 fully saturated rings. The Bertz CT molecular complexity index is 809. The smallest absolute Gasteiger partial charge is 0.347 e. The summed E-state index contributed by atoms with van der Waals surface area (Å²) in [5.41, 5.74) is -0.357. The van der Waals surface area contributed by atoms with Crippen molar-refractivity contribution in [2.24, 2.45) is 0 Å². The molecule has 1 aromatic heterocycles. The first-order valence-electron chi connectivity index (χ1n) is 7.98. The molecule has 1 saturated heterocycles. The average molecular weight is 363 g/mol. The number of hydrogen-bond donors (Lipinski definition) is 1. The molecule has 1 aromatic carbocycles. The number of amides is 2. The predicted molar refractivity (Wildman–Crippen MR) is 87.0 cm³/mol. The van der Waals surface area contributed by atoms with Crippen molar-refractivity contribution in [3.05, 3.63) is 65.5 Å². The van der Waals surface area contributed by atoms with Gasteiger partial charge in [0.25, 0.3) is 5.91 Å². The summed E-state index contributed by atoms with van der Waals surface area (Å²) in [6, 6.07) is 7.94. The molecule has 1 atom stereocenters. The van der Waals surface area contributed by atoms with Gasteiger partial charge in [0, 0.05) is 31.9 Å². The maximum atomic E-state index is 13.1. The van der Waals surface area contributed by atoms with Gasteiger partial charge in [0.05, 0.1) is 17.2 Å². The van der Waals surface area contributed by atoms with Gasteiger partial charge in [0.15, 0.2) is 0 Å². The quantitative estimate of drug-likeness (QED) is 0.908. The third-order valence-corrected chi connectivity index (χ3v) is 4.16. The Hall–Kier alpha value is -2.90. The van der Waals surface area contributed by atoms with Gasteiger partial charge in [-0.15, -0.1) is 0 Å². The molecule has 26 heavy (non-hydrogen) atoms. The number of halogens is 3. The summed E-state index contributed by atoms with van der Waals surface area (Å²) in [5.74, 6) is -0.660. The molecule has 1 aliphatic rings. The van der Waals surface area contributed by atoms with Crippen LogP contribution >= 0.6 is 0 Å². The average Bonchev–Trinajstić information content (AvgIpc) is 2.94. The molecule has 3 rings (SSSR count). The molecule has 5 nitrogen and oxygen atoms in total. The fourth-order valence-corrected chi connectivity index (χ4v) is 2.93. The van der Waals surface area contributed by atoms with Crippen LogP contribution in [0.25, 0.3) is 0 Å². The molecular weight excluding hydrogens is 347 g/mol. The van der Waals surface area contributed by atoms with E-state index in [1.165, 1.54) is 35.5 Å². The lowest BCUT2D eigenvalue weighted by Gasteiger charge is -2.20. The van der Waals surface area contributed by atoms with E-state index < -0.39 is 17.8 Å². The van der Waals surface area contributed by atoms with E-state index in [-0.39, 0.29) is 36.9 Å². The van der Waals surface area contributed by atoms with Gasteiger partial charge in [-0.2, -0.15) is 13.2 Å². The Morgan fingerprint density at radius 3 is 2.69 bits per heavy atom. The van der Waals surface area contributed by atoms with Crippen LogP contribution in [-0.4, -0.2) is 34.3 Å². The monoisotopic (exact) mass is 363 g/mol. The van der Waals surface area contributed by atoms with Crippen LogP contribution in [0, 0.1) is 0 Å². The molecule has 2 amide bonds. The van der Waals surface area contributed by atoms with Crippen molar-refractivity contribution in [1.29, 1.82) is 0 Å². The van der Waals surface area contributed by atoms with Gasteiger partial charge in [-0.05, 0) is 23.8 Å². The maximum absolute atomic E-state index is 13.1. The number of aromatic nitrogens is 1. The van der Waals surface area contributed by atoms with Crippen LogP contribution in [0.5, 0.6) is 0 Å². The molecule has 0 aliphatic carbocycles. The molecule has 8 heteroatoms. The Labute approximate surface area is 147 Å². The molecule has 136 valence electrons. The zero-order valence-electron chi connectivity index (χ0n) is 13.7. The zero-order valence-corrected chi connectivity index (χ0v) is 13.7. The van der Waals surface area contributed by atoms with Crippen molar-refractivity contribution in [2.45, 2.75) is 25.2 Å². The Kier molecular flexibility index (Phi) is 4.92. The number of alkyl halides is 3. The first kappa shape index (κ1) is 17.9. The summed E-state index contributed by atoms with van der Waals surface area (Å²) in [4.78, 5) is 29.5. The molecule has 1 N–H and O–H groups in total. The van der Waals surface area contributed by atoms with Gasteiger partial charge in [0.2, 0.25) is 5.91 Å². The second-order valence-electron chi connectivity index (χ2n) is 6.05. The standard InChI is InChI=1S/C18H16F3N3O2/c19-18(20,21)15-6-2-1-4-13(15)10-24-11-14(8-16(24)25)23-17(26)12-5-3-7-22-9-12/h1-7,9,14H,8,10-11H2,(H,23,26)/t14-/m1/s1. The molecule has 2 aromatic rings. The van der Waals surface area contributed by atoms with Crippen molar-refractivity contribution in [3.63, 3.8) is 0 Å². The largest absolute Gasteiger partial charge is 0.416 e. The van der Waals surface area contributed by atoms with E-state index in [1.54, 1.807) is 12.1 Å². The summed E-state index contributed by atoms with van der Waals surface area (Å²) in [5, 5.41) is 2.72. The molecule has 0 unspecified atom stereocenters. The topological polar surface area (TPSA) is 62.3 Å². The van der Waals surface area contributed by atoms with E-state index in [2.05, 4.69) is 10.3 Å². The van der Waals surface area contributed by atoms with Gasteiger partial charge in [0.1, 0.15) is 0 Å². The van der Waals surface area contributed by atoms with E-state index >= 15 is 0 Å². The number of pyridine rings is 1. The second-order valence-corrected chi connectivity index (χ2v) is 6.05. The van der Waals surface area contributed by atoms with Crippen molar-refractivity contribution < 1.29 is 22.8 Å². The van der Waals surface area contributed by atoms with Gasteiger partial charge >= 0.3 is 6.18 Å². The predicted octanol–water partition coefficient (Wildman–Crippen LogP) is 2.63. The second kappa shape index (κ2) is 7.15. The number of carbonyl (C=O) groups is 2. The summed E-state index contributed by atoms with van der Waals surface area (Å²) in [6.45, 7) is 0.0187. The highest BCUT2D eigenvalue weighted by Crippen LogP contribution is 2.32. The minimum atomic E-state index is -4.48. The number of likely N-dealkylation sites (tertiary alicyclic amines) is 1. The van der Waals surface area contributed by atoms with E-state index in [4.69, 9.17) is 0 Å². The fraction of sp³-hybridized carbons (Fsp3) is 0.278. The number of rotatable bonds is 4. The van der Waals surface area contributed by atoms with Crippen molar-refractivity contribution in [2.75, 3.05) is 6.54 Å². The molecule has 2 heterocycles. The molecule has 0 bridgehead atoms. The van der Waals surface area contributed by atoms with Crippen LogP contribution in [0.4, 0.5) is 13.2 Å². The minimum absolute atomic E-state index is 0.0348. The van der Waals surface area contributed by atoms with E-state index in [9.17, 15) is 22.8 Å². The Morgan fingerprint density at radius 2 is 2.00 bits per heavy atom. The van der Waals surface area contributed by atoms with Crippen LogP contribution in [0.15, 0.2) is 48.8 Å². The van der Waals surface area contributed by atoms with Gasteiger partial charge in [-0.25, -0.2) is 0 Å². The number of carbonyl (C=O) groups excluding carboxylic acids is 2. The maximum Gasteiger partial charge on any atom is 0.416 e. The third kappa shape index (κ3) is 4.01. The highest BCUT2D eigenvalue weighted by molar-refractivity contribution is 5.94. The molecular formula is C18H16F3N3O2. The molecule has 0 radical (unpaired) electrons. The van der Waals surface area contributed by atoms with Crippen LogP contribution in [0.3, 0.4) is 0 Å². The lowest BCUT2D eigenvalue weighted by atomic mass is 10.1. The van der Waals surface area contributed by atoms with Gasteiger partial charge < -0.3 is 10.2 Å². The van der Waals surface area contributed by atoms with E-state index in [0.29, 0.717) is 5.56 Å². The minimum Gasteiger partial charge on any atom is -0.347 e. The summed E-state index contributed by atoms with van der Waals surface area (Å²) < 4.78 is 39.3. The third-order valence-electron chi connectivity index (χ3n) is 4.16. The van der Waals surface area contributed by atoms with Crippen LogP contribution in [0.1, 0.15) is 27.9 Å². The van der Waals surface area contributed by atoms with E-state index in [0.717, 1.165) is 6.07 Å². The molecule has 0 spiro atoms. The molecule has 1 aliphatic heterocycles. The Morgan fingerprint density at radius 1 is 1.23 bits per heavy atom.